The van der Waals surface area contributed by atoms with E-state index in [1.807, 2.05) is 7.05 Å². The van der Waals surface area contributed by atoms with Gasteiger partial charge in [-0.2, -0.15) is 0 Å². The van der Waals surface area contributed by atoms with Gasteiger partial charge in [-0.3, -0.25) is 0 Å². The Labute approximate surface area is 144 Å². The molecule has 0 spiro atoms. The van der Waals surface area contributed by atoms with Gasteiger partial charge in [-0.25, -0.2) is 9.13 Å². The van der Waals surface area contributed by atoms with Crippen molar-refractivity contribution >= 4 is 59.2 Å². The first-order valence-electron chi connectivity index (χ1n) is 4.85. The fourth-order valence-electron chi connectivity index (χ4n) is 0.975. The van der Waals surface area contributed by atoms with Crippen LogP contribution in [0.1, 0.15) is 19.8 Å². The number of imidazole rings is 1. The van der Waals surface area contributed by atoms with E-state index in [4.69, 9.17) is 0 Å². The molecule has 0 saturated heterocycles. The van der Waals surface area contributed by atoms with Gasteiger partial charge < -0.3 is 0 Å². The summed E-state index contributed by atoms with van der Waals surface area (Å²) in [5, 5.41) is 0. The quantitative estimate of drug-likeness (QED) is 0.346. The number of aryl methyl sites for hydroxylation is 2. The third-order valence-electron chi connectivity index (χ3n) is 1.59. The van der Waals surface area contributed by atoms with Crippen molar-refractivity contribution < 1.29 is 29.7 Å². The van der Waals surface area contributed by atoms with Gasteiger partial charge in [-0.15, -0.1) is 0 Å². The van der Waals surface area contributed by atoms with Gasteiger partial charge in [0, 0.05) is 0 Å². The van der Waals surface area contributed by atoms with Crippen LogP contribution < -0.4 is 4.57 Å². The van der Waals surface area contributed by atoms with Crippen LogP contribution in [-0.4, -0.2) is 56.0 Å². The van der Waals surface area contributed by atoms with Crippen molar-refractivity contribution in [3.05, 3.63) is 18.7 Å². The molecule has 0 aromatic carbocycles. The van der Waals surface area contributed by atoms with E-state index in [-0.39, 0.29) is 51.4 Å². The molecule has 10 heteroatoms. The van der Waals surface area contributed by atoms with Gasteiger partial charge in [0.2, 0.25) is 6.33 Å². The van der Waals surface area contributed by atoms with Crippen molar-refractivity contribution in [1.29, 1.82) is 0 Å². The summed E-state index contributed by atoms with van der Waals surface area (Å²) in [6.45, 7) is 3.36. The zero-order valence-corrected chi connectivity index (χ0v) is 10.4. The van der Waals surface area contributed by atoms with Crippen LogP contribution in [0.2, 0.25) is 0 Å². The molecule has 0 aliphatic heterocycles. The van der Waals surface area contributed by atoms with Crippen LogP contribution in [0.4, 0.5) is 25.2 Å². The Kier molecular flexibility index (Phi) is 7.69. The molecule has 0 saturated carbocycles. The summed E-state index contributed by atoms with van der Waals surface area (Å²) in [5.41, 5.74) is 0. The Morgan fingerprint density at radius 3 is 1.83 bits per heavy atom. The molecule has 0 N–H and O–H groups in total. The van der Waals surface area contributed by atoms with E-state index in [1.165, 1.54) is 12.8 Å². The molecule has 1 rings (SSSR count). The first kappa shape index (κ1) is 21.2. The molecule has 0 amide bonds. The maximum atomic E-state index is 9.87. The molecule has 2 nitrogen and oxygen atoms in total. The number of unbranched alkanes of at least 4 members (excludes halogenated alkanes) is 1. The summed E-state index contributed by atoms with van der Waals surface area (Å²) < 4.78 is 63.5. The van der Waals surface area contributed by atoms with Gasteiger partial charge in [0.1, 0.15) is 12.4 Å². The Morgan fingerprint density at radius 2 is 1.56 bits per heavy atom. The number of hydrogen-bond acceptors (Lipinski definition) is 0. The van der Waals surface area contributed by atoms with E-state index in [0.29, 0.717) is 0 Å². The number of rotatable bonds is 3. The summed E-state index contributed by atoms with van der Waals surface area (Å²) in [5.74, 6) is 0. The molecule has 1 aromatic heterocycles. The molecule has 0 atom stereocenters. The standard InChI is InChI=1S/C8H15N2.F6P.K.H/c1-3-4-5-10-7-6-9(2)8-10;1-7(2,3,4,5)6;;/h6-8H,3-5H2,1-2H3;;;/q+1;-1;;. The number of nitrogens with zero attached hydrogens (tertiary/aromatic N) is 2. The predicted molar refractivity (Wildman–Crippen MR) is 61.2 cm³/mol. The van der Waals surface area contributed by atoms with Crippen LogP contribution in [0.3, 0.4) is 0 Å². The zero-order chi connectivity index (χ0) is 13.8. The zero-order valence-electron chi connectivity index (χ0n) is 9.46. The van der Waals surface area contributed by atoms with Gasteiger partial charge in [-0.1, -0.05) is 13.3 Å². The van der Waals surface area contributed by atoms with E-state index in [0.717, 1.165) is 6.54 Å². The van der Waals surface area contributed by atoms with Crippen molar-refractivity contribution in [2.24, 2.45) is 7.05 Å². The van der Waals surface area contributed by atoms with Gasteiger partial charge >= 0.3 is 84.4 Å². The molecule has 0 unspecified atom stereocenters. The molecule has 0 radical (unpaired) electrons. The molecular formula is C8H16F6KN2P. The SMILES string of the molecule is CCCC[n+]1ccn(C)c1.F[P-](F)(F)(F)(F)F.[KH]. The van der Waals surface area contributed by atoms with Crippen LogP contribution in [0, 0.1) is 0 Å². The summed E-state index contributed by atoms with van der Waals surface area (Å²) in [6, 6.07) is 0. The van der Waals surface area contributed by atoms with Gasteiger partial charge in [0.05, 0.1) is 13.6 Å². The van der Waals surface area contributed by atoms with Crippen molar-refractivity contribution in [2.75, 3.05) is 0 Å². The molecule has 1 aromatic rings. The molecule has 0 aliphatic rings. The molecule has 0 bridgehead atoms. The molecule has 106 valence electrons. The topological polar surface area (TPSA) is 8.81 Å². The Bertz CT molecular complexity index is 348. The first-order chi connectivity index (χ1) is 7.28. The normalized spacial score (nSPS) is 14.7. The van der Waals surface area contributed by atoms with E-state index in [2.05, 4.69) is 34.8 Å². The molecule has 1 heterocycles. The molecule has 0 aliphatic carbocycles. The van der Waals surface area contributed by atoms with Gasteiger partial charge in [0.25, 0.3) is 0 Å². The van der Waals surface area contributed by atoms with Crippen LogP contribution in [0.15, 0.2) is 18.7 Å². The molecule has 0 fully saturated rings. The predicted octanol–water partition coefficient (Wildman–Crippen LogP) is 3.85. The summed E-state index contributed by atoms with van der Waals surface area (Å²) in [4.78, 5) is 0. The number of hydrogen-bond donors (Lipinski definition) is 0. The summed E-state index contributed by atoms with van der Waals surface area (Å²) in [6.07, 6.45) is 8.82. The fraction of sp³-hybridized carbons (Fsp3) is 0.625. The summed E-state index contributed by atoms with van der Waals surface area (Å²) in [7, 11) is -8.61. The van der Waals surface area contributed by atoms with Crippen molar-refractivity contribution in [2.45, 2.75) is 26.3 Å². The second-order valence-corrected chi connectivity index (χ2v) is 5.55. The van der Waals surface area contributed by atoms with E-state index < -0.39 is 7.81 Å². The molecular weight excluding hydrogens is 308 g/mol. The molecule has 18 heavy (non-hydrogen) atoms. The second kappa shape index (κ2) is 6.54. The fourth-order valence-corrected chi connectivity index (χ4v) is 0.975. The average molecular weight is 324 g/mol. The van der Waals surface area contributed by atoms with Crippen molar-refractivity contribution in [3.8, 4) is 0 Å². The summed E-state index contributed by atoms with van der Waals surface area (Å²) >= 11 is 0. The Morgan fingerprint density at radius 1 is 1.11 bits per heavy atom. The van der Waals surface area contributed by atoms with Gasteiger partial charge in [-0.05, 0) is 6.42 Å². The third-order valence-corrected chi connectivity index (χ3v) is 1.59. The van der Waals surface area contributed by atoms with Gasteiger partial charge in [0.15, 0.2) is 0 Å². The van der Waals surface area contributed by atoms with E-state index in [9.17, 15) is 25.2 Å². The Balaban J connectivity index is 0. The van der Waals surface area contributed by atoms with Crippen LogP contribution >= 0.6 is 7.81 Å². The first-order valence-corrected chi connectivity index (χ1v) is 6.88. The second-order valence-electron chi connectivity index (χ2n) is 3.63. The third kappa shape index (κ3) is 22.1. The van der Waals surface area contributed by atoms with Crippen LogP contribution in [-0.2, 0) is 13.6 Å². The minimum atomic E-state index is -10.7. The van der Waals surface area contributed by atoms with Crippen LogP contribution in [0.5, 0.6) is 0 Å². The van der Waals surface area contributed by atoms with Crippen LogP contribution in [0.25, 0.3) is 0 Å². The minimum absolute atomic E-state index is 0. The van der Waals surface area contributed by atoms with Crippen molar-refractivity contribution in [1.82, 2.24) is 4.57 Å². The van der Waals surface area contributed by atoms with E-state index >= 15 is 0 Å². The maximum absolute atomic E-state index is 10.7. The number of aromatic nitrogens is 2. The van der Waals surface area contributed by atoms with Crippen molar-refractivity contribution in [3.63, 3.8) is 0 Å². The Hall–Kier alpha value is 0.856. The van der Waals surface area contributed by atoms with E-state index in [1.54, 1.807) is 0 Å². The number of halogens is 6. The average Bonchev–Trinajstić information content (AvgIpc) is 2.42. The monoisotopic (exact) mass is 324 g/mol.